The van der Waals surface area contributed by atoms with Gasteiger partial charge in [-0.05, 0) is 12.8 Å². The molecule has 0 bridgehead atoms. The number of hydrogen-bond acceptors (Lipinski definition) is 4. The minimum Gasteiger partial charge on any atom is -0.479 e. The van der Waals surface area contributed by atoms with Crippen LogP contribution in [0.4, 0.5) is 0 Å². The summed E-state index contributed by atoms with van der Waals surface area (Å²) < 4.78 is 5.25. The number of carbonyl (C=O) groups excluding carboxylic acids is 2. The number of amides is 2. The van der Waals surface area contributed by atoms with Gasteiger partial charge in [0.2, 0.25) is 11.8 Å². The van der Waals surface area contributed by atoms with E-state index in [9.17, 15) is 14.4 Å². The highest BCUT2D eigenvalue weighted by atomic mass is 16.5. The summed E-state index contributed by atoms with van der Waals surface area (Å²) >= 11 is 0. The summed E-state index contributed by atoms with van der Waals surface area (Å²) in [7, 11) is 0. The Hall–Kier alpha value is -1.63. The van der Waals surface area contributed by atoms with Crippen LogP contribution in [0.2, 0.25) is 0 Å². The van der Waals surface area contributed by atoms with Crippen molar-refractivity contribution in [3.8, 4) is 0 Å². The molecule has 2 atom stereocenters. The molecule has 20 heavy (non-hydrogen) atoms. The molecule has 0 saturated carbocycles. The van der Waals surface area contributed by atoms with Gasteiger partial charge in [-0.15, -0.1) is 0 Å². The molecule has 0 radical (unpaired) electrons. The fourth-order valence-corrected chi connectivity index (χ4v) is 1.75. The zero-order chi connectivity index (χ0) is 15.3. The Bertz CT molecular complexity index is 389. The third kappa shape index (κ3) is 5.16. The maximum absolute atomic E-state index is 11.6. The molecule has 1 rings (SSSR count). The first-order valence-corrected chi connectivity index (χ1v) is 6.63. The van der Waals surface area contributed by atoms with Crippen LogP contribution in [0.25, 0.3) is 0 Å². The summed E-state index contributed by atoms with van der Waals surface area (Å²) in [6.45, 7) is 5.45. The second-order valence-electron chi connectivity index (χ2n) is 5.90. The first-order chi connectivity index (χ1) is 9.20. The Balaban J connectivity index is 2.21. The van der Waals surface area contributed by atoms with Crippen LogP contribution in [-0.4, -0.2) is 48.2 Å². The van der Waals surface area contributed by atoms with Crippen LogP contribution in [-0.2, 0) is 19.1 Å². The average molecular weight is 286 g/mol. The lowest BCUT2D eigenvalue weighted by molar-refractivity contribution is -0.149. The van der Waals surface area contributed by atoms with Crippen molar-refractivity contribution in [3.63, 3.8) is 0 Å². The molecule has 1 fully saturated rings. The van der Waals surface area contributed by atoms with Crippen molar-refractivity contribution in [3.05, 3.63) is 0 Å². The third-order valence-corrected chi connectivity index (χ3v) is 3.00. The summed E-state index contributed by atoms with van der Waals surface area (Å²) in [5.41, 5.74) is -0.538. The summed E-state index contributed by atoms with van der Waals surface area (Å²) in [5.74, 6) is -1.49. The van der Waals surface area contributed by atoms with Crippen molar-refractivity contribution in [1.29, 1.82) is 0 Å². The van der Waals surface area contributed by atoms with E-state index in [0.717, 1.165) is 0 Å². The van der Waals surface area contributed by atoms with Gasteiger partial charge in [-0.2, -0.15) is 0 Å². The van der Waals surface area contributed by atoms with Crippen molar-refractivity contribution in [2.45, 2.75) is 45.8 Å². The topological polar surface area (TPSA) is 105 Å². The number of carbonyl (C=O) groups is 3. The number of carboxylic acid groups (broad SMARTS) is 1. The predicted octanol–water partition coefficient (Wildman–Crippen LogP) is -0.103. The minimum absolute atomic E-state index is 0.0921. The van der Waals surface area contributed by atoms with Crippen molar-refractivity contribution < 1.29 is 24.2 Å². The molecule has 3 N–H and O–H groups in total. The number of carboxylic acids is 1. The molecule has 1 aliphatic heterocycles. The van der Waals surface area contributed by atoms with Gasteiger partial charge < -0.3 is 20.5 Å². The number of rotatable bonds is 5. The van der Waals surface area contributed by atoms with Gasteiger partial charge in [0.15, 0.2) is 6.10 Å². The second-order valence-corrected chi connectivity index (χ2v) is 5.90. The van der Waals surface area contributed by atoms with E-state index < -0.39 is 17.5 Å². The molecule has 0 aromatic heterocycles. The molecule has 0 aromatic carbocycles. The van der Waals surface area contributed by atoms with E-state index in [-0.39, 0.29) is 31.0 Å². The van der Waals surface area contributed by atoms with Crippen LogP contribution in [0.5, 0.6) is 0 Å². The number of aliphatic carboxylic acids is 1. The maximum Gasteiger partial charge on any atom is 0.332 e. The minimum atomic E-state index is -0.976. The van der Waals surface area contributed by atoms with Crippen LogP contribution < -0.4 is 10.6 Å². The summed E-state index contributed by atoms with van der Waals surface area (Å²) in [6.07, 6.45) is -0.00162. The molecular formula is C13H22N2O5. The zero-order valence-corrected chi connectivity index (χ0v) is 12.1. The van der Waals surface area contributed by atoms with E-state index in [1.165, 1.54) is 0 Å². The van der Waals surface area contributed by atoms with Gasteiger partial charge in [0.1, 0.15) is 0 Å². The Labute approximate surface area is 118 Å². The van der Waals surface area contributed by atoms with Gasteiger partial charge in [-0.25, -0.2) is 4.79 Å². The van der Waals surface area contributed by atoms with E-state index >= 15 is 0 Å². The Kier molecular flexibility index (Phi) is 5.50. The summed E-state index contributed by atoms with van der Waals surface area (Å²) in [5, 5.41) is 13.9. The Morgan fingerprint density at radius 1 is 1.20 bits per heavy atom. The van der Waals surface area contributed by atoms with E-state index in [0.29, 0.717) is 12.8 Å². The van der Waals surface area contributed by atoms with Gasteiger partial charge in [-0.1, -0.05) is 20.8 Å². The molecule has 2 unspecified atom stereocenters. The maximum atomic E-state index is 11.6. The van der Waals surface area contributed by atoms with Gasteiger partial charge >= 0.3 is 5.97 Å². The number of ether oxygens (including phenoxy) is 1. The highest BCUT2D eigenvalue weighted by Crippen LogP contribution is 2.19. The Morgan fingerprint density at radius 2 is 1.85 bits per heavy atom. The van der Waals surface area contributed by atoms with Crippen molar-refractivity contribution in [2.24, 2.45) is 5.41 Å². The molecule has 0 aromatic rings. The average Bonchev–Trinajstić information content (AvgIpc) is 2.81. The summed E-state index contributed by atoms with van der Waals surface area (Å²) in [6, 6.07) is 0. The van der Waals surface area contributed by atoms with E-state index in [1.54, 1.807) is 20.8 Å². The molecule has 1 saturated heterocycles. The molecular weight excluding hydrogens is 264 g/mol. The molecule has 1 aliphatic rings. The lowest BCUT2D eigenvalue weighted by Crippen LogP contribution is -2.43. The highest BCUT2D eigenvalue weighted by molar-refractivity contribution is 5.87. The highest BCUT2D eigenvalue weighted by Gasteiger charge is 2.30. The molecule has 114 valence electrons. The number of hydrogen-bond donors (Lipinski definition) is 3. The molecule has 7 nitrogen and oxygen atoms in total. The molecule has 0 spiro atoms. The van der Waals surface area contributed by atoms with Crippen molar-refractivity contribution in [2.75, 3.05) is 13.1 Å². The first kappa shape index (κ1) is 16.4. The fraction of sp³-hybridized carbons (Fsp3) is 0.769. The van der Waals surface area contributed by atoms with Gasteiger partial charge in [0, 0.05) is 12.0 Å². The van der Waals surface area contributed by atoms with Crippen LogP contribution in [0.15, 0.2) is 0 Å². The SMILES string of the molecule is CC(C)(C)C(=O)NCC(=O)NCC1CCC(C(=O)O)O1. The molecule has 1 heterocycles. The molecule has 2 amide bonds. The third-order valence-electron chi connectivity index (χ3n) is 3.00. The van der Waals surface area contributed by atoms with E-state index in [1.807, 2.05) is 0 Å². The largest absolute Gasteiger partial charge is 0.479 e. The molecule has 0 aliphatic carbocycles. The van der Waals surface area contributed by atoms with Crippen molar-refractivity contribution in [1.82, 2.24) is 10.6 Å². The Morgan fingerprint density at radius 3 is 2.35 bits per heavy atom. The smallest absolute Gasteiger partial charge is 0.332 e. The summed E-state index contributed by atoms with van der Waals surface area (Å²) in [4.78, 5) is 33.8. The van der Waals surface area contributed by atoms with Gasteiger partial charge in [-0.3, -0.25) is 9.59 Å². The normalized spacial score (nSPS) is 22.4. The first-order valence-electron chi connectivity index (χ1n) is 6.63. The molecule has 7 heteroatoms. The lowest BCUT2D eigenvalue weighted by Gasteiger charge is -2.18. The van der Waals surface area contributed by atoms with Crippen molar-refractivity contribution >= 4 is 17.8 Å². The standard InChI is InChI=1S/C13H22N2O5/c1-13(2,3)12(19)15-7-10(16)14-6-8-4-5-9(20-8)11(17)18/h8-9H,4-7H2,1-3H3,(H,14,16)(H,15,19)(H,17,18). The van der Waals surface area contributed by atoms with Crippen LogP contribution >= 0.6 is 0 Å². The van der Waals surface area contributed by atoms with E-state index in [2.05, 4.69) is 10.6 Å². The predicted molar refractivity (Wildman–Crippen MR) is 71.0 cm³/mol. The van der Waals surface area contributed by atoms with Crippen LogP contribution in [0.3, 0.4) is 0 Å². The van der Waals surface area contributed by atoms with Crippen LogP contribution in [0, 0.1) is 5.41 Å². The number of nitrogens with one attached hydrogen (secondary N) is 2. The van der Waals surface area contributed by atoms with Gasteiger partial charge in [0.05, 0.1) is 12.6 Å². The van der Waals surface area contributed by atoms with Crippen LogP contribution in [0.1, 0.15) is 33.6 Å². The fourth-order valence-electron chi connectivity index (χ4n) is 1.75. The second kappa shape index (κ2) is 6.69. The zero-order valence-electron chi connectivity index (χ0n) is 12.1. The van der Waals surface area contributed by atoms with Gasteiger partial charge in [0.25, 0.3) is 0 Å². The lowest BCUT2D eigenvalue weighted by atomic mass is 9.96. The monoisotopic (exact) mass is 286 g/mol. The quantitative estimate of drug-likeness (QED) is 0.654. The van der Waals surface area contributed by atoms with E-state index in [4.69, 9.17) is 9.84 Å².